The number of nitrogens with one attached hydrogen (secondary N) is 1. The fraction of sp³-hybridized carbons (Fsp3) is 0.333. The predicted octanol–water partition coefficient (Wildman–Crippen LogP) is 1.29. The molecular weight excluding hydrogens is 239 g/mol. The van der Waals surface area contributed by atoms with Gasteiger partial charge in [0.25, 0.3) is 0 Å². The lowest BCUT2D eigenvalue weighted by Crippen LogP contribution is -2.37. The molecule has 1 aliphatic heterocycles. The Morgan fingerprint density at radius 2 is 2.11 bits per heavy atom. The van der Waals surface area contributed by atoms with E-state index in [0.717, 1.165) is 0 Å². The van der Waals surface area contributed by atoms with Gasteiger partial charge in [-0.2, -0.15) is 0 Å². The molecule has 1 atom stereocenters. The van der Waals surface area contributed by atoms with E-state index in [4.69, 9.17) is 0 Å². The molecule has 0 saturated carbocycles. The van der Waals surface area contributed by atoms with Gasteiger partial charge in [-0.25, -0.2) is 9.18 Å². The molecule has 6 heteroatoms. The molecule has 1 saturated heterocycles. The highest BCUT2D eigenvalue weighted by Gasteiger charge is 2.31. The zero-order valence-corrected chi connectivity index (χ0v) is 9.85. The number of amides is 2. The molecular formula is C12H13FN2O3. The first-order valence-corrected chi connectivity index (χ1v) is 5.50. The van der Waals surface area contributed by atoms with Gasteiger partial charge in [-0.15, -0.1) is 0 Å². The van der Waals surface area contributed by atoms with E-state index in [1.165, 1.54) is 36.3 Å². The number of rotatable bonds is 2. The van der Waals surface area contributed by atoms with Crippen molar-refractivity contribution in [1.82, 2.24) is 5.32 Å². The highest BCUT2D eigenvalue weighted by Crippen LogP contribution is 2.21. The Labute approximate surface area is 104 Å². The number of hydrogen-bond acceptors (Lipinski definition) is 3. The minimum absolute atomic E-state index is 0.108. The molecule has 1 aromatic rings. The molecule has 2 amide bonds. The number of ether oxygens (including phenoxy) is 1. The lowest BCUT2D eigenvalue weighted by molar-refractivity contribution is -0.117. The second kappa shape index (κ2) is 5.03. The molecule has 1 aromatic carbocycles. The Morgan fingerprint density at radius 1 is 1.44 bits per heavy atom. The summed E-state index contributed by atoms with van der Waals surface area (Å²) in [6, 6.07) is 5.38. The van der Waals surface area contributed by atoms with E-state index in [9.17, 15) is 14.0 Å². The summed E-state index contributed by atoms with van der Waals surface area (Å²) in [4.78, 5) is 24.3. The van der Waals surface area contributed by atoms with Gasteiger partial charge < -0.3 is 15.0 Å². The monoisotopic (exact) mass is 252 g/mol. The van der Waals surface area contributed by atoms with Crippen LogP contribution in [0.1, 0.15) is 6.42 Å². The summed E-state index contributed by atoms with van der Waals surface area (Å²) in [6.45, 7) is 0.361. The maximum absolute atomic E-state index is 12.8. The number of nitrogens with zero attached hydrogens (tertiary/aromatic N) is 1. The molecule has 96 valence electrons. The van der Waals surface area contributed by atoms with E-state index in [2.05, 4.69) is 10.1 Å². The summed E-state index contributed by atoms with van der Waals surface area (Å²) in [5.41, 5.74) is 0.621. The number of halogens is 1. The topological polar surface area (TPSA) is 58.6 Å². The van der Waals surface area contributed by atoms with Crippen molar-refractivity contribution in [2.45, 2.75) is 12.5 Å². The van der Waals surface area contributed by atoms with Gasteiger partial charge in [0, 0.05) is 18.7 Å². The maximum Gasteiger partial charge on any atom is 0.407 e. The normalized spacial score (nSPS) is 18.9. The summed E-state index contributed by atoms with van der Waals surface area (Å²) < 4.78 is 17.3. The number of anilines is 1. The summed E-state index contributed by atoms with van der Waals surface area (Å²) in [5.74, 6) is -0.461. The Kier molecular flexibility index (Phi) is 3.45. The van der Waals surface area contributed by atoms with Gasteiger partial charge in [0.15, 0.2) is 0 Å². The largest absolute Gasteiger partial charge is 0.453 e. The fourth-order valence-electron chi connectivity index (χ4n) is 1.90. The van der Waals surface area contributed by atoms with E-state index < -0.39 is 6.09 Å². The van der Waals surface area contributed by atoms with Gasteiger partial charge in [-0.3, -0.25) is 4.79 Å². The molecule has 1 aliphatic rings. The van der Waals surface area contributed by atoms with Gasteiger partial charge in [-0.1, -0.05) is 0 Å². The smallest absolute Gasteiger partial charge is 0.407 e. The van der Waals surface area contributed by atoms with Gasteiger partial charge in [0.05, 0.1) is 13.2 Å². The zero-order valence-electron chi connectivity index (χ0n) is 9.85. The first-order chi connectivity index (χ1) is 8.60. The van der Waals surface area contributed by atoms with Crippen LogP contribution in [0.15, 0.2) is 24.3 Å². The lowest BCUT2D eigenvalue weighted by atomic mass is 10.3. The average molecular weight is 252 g/mol. The summed E-state index contributed by atoms with van der Waals surface area (Å²) in [7, 11) is 1.27. The number of benzene rings is 1. The molecule has 0 radical (unpaired) electrons. The quantitative estimate of drug-likeness (QED) is 0.862. The molecule has 18 heavy (non-hydrogen) atoms. The summed E-state index contributed by atoms with van der Waals surface area (Å²) in [6.07, 6.45) is -0.347. The number of carbonyl (C=O) groups is 2. The van der Waals surface area contributed by atoms with Crippen LogP contribution in [0.2, 0.25) is 0 Å². The lowest BCUT2D eigenvalue weighted by Gasteiger charge is -2.16. The first-order valence-electron chi connectivity index (χ1n) is 5.50. The van der Waals surface area contributed by atoms with E-state index in [1.807, 2.05) is 0 Å². The van der Waals surface area contributed by atoms with Crippen molar-refractivity contribution in [3.8, 4) is 0 Å². The van der Waals surface area contributed by atoms with Crippen molar-refractivity contribution in [2.75, 3.05) is 18.6 Å². The van der Waals surface area contributed by atoms with E-state index in [1.54, 1.807) is 0 Å². The molecule has 0 bridgehead atoms. The predicted molar refractivity (Wildman–Crippen MR) is 62.7 cm³/mol. The van der Waals surface area contributed by atoms with Crippen LogP contribution in [0, 0.1) is 5.82 Å². The minimum Gasteiger partial charge on any atom is -0.453 e. The van der Waals surface area contributed by atoms with Crippen LogP contribution < -0.4 is 10.2 Å². The number of carbonyl (C=O) groups excluding carboxylic acids is 2. The third kappa shape index (κ3) is 2.58. The van der Waals surface area contributed by atoms with Crippen LogP contribution in [0.4, 0.5) is 14.9 Å². The number of methoxy groups -OCH3 is 1. The van der Waals surface area contributed by atoms with Crippen LogP contribution in [0.3, 0.4) is 0 Å². The van der Waals surface area contributed by atoms with E-state index in [0.29, 0.717) is 12.2 Å². The molecule has 0 aliphatic carbocycles. The molecule has 1 fully saturated rings. The van der Waals surface area contributed by atoms with Gasteiger partial charge in [0.2, 0.25) is 5.91 Å². The Hall–Kier alpha value is -2.11. The first kappa shape index (κ1) is 12.3. The van der Waals surface area contributed by atoms with Crippen molar-refractivity contribution in [3.63, 3.8) is 0 Å². The second-order valence-corrected chi connectivity index (χ2v) is 4.02. The van der Waals surface area contributed by atoms with Crippen LogP contribution in [-0.2, 0) is 9.53 Å². The van der Waals surface area contributed by atoms with E-state index in [-0.39, 0.29) is 24.2 Å². The molecule has 0 spiro atoms. The second-order valence-electron chi connectivity index (χ2n) is 4.02. The van der Waals surface area contributed by atoms with Crippen molar-refractivity contribution in [1.29, 1.82) is 0 Å². The van der Waals surface area contributed by atoms with Crippen molar-refractivity contribution >= 4 is 17.7 Å². The Morgan fingerprint density at radius 3 is 2.72 bits per heavy atom. The number of alkyl carbamates (subject to hydrolysis) is 1. The van der Waals surface area contributed by atoms with Crippen LogP contribution in [-0.4, -0.2) is 31.7 Å². The average Bonchev–Trinajstić information content (AvgIpc) is 2.71. The van der Waals surface area contributed by atoms with Crippen LogP contribution in [0.25, 0.3) is 0 Å². The molecule has 1 heterocycles. The highest BCUT2D eigenvalue weighted by molar-refractivity contribution is 5.96. The summed E-state index contributed by atoms with van der Waals surface area (Å²) >= 11 is 0. The van der Waals surface area contributed by atoms with Gasteiger partial charge >= 0.3 is 6.09 Å². The van der Waals surface area contributed by atoms with Crippen molar-refractivity contribution < 1.29 is 18.7 Å². The molecule has 1 unspecified atom stereocenters. The fourth-order valence-corrected chi connectivity index (χ4v) is 1.90. The van der Waals surface area contributed by atoms with Crippen molar-refractivity contribution in [3.05, 3.63) is 30.1 Å². The third-order valence-corrected chi connectivity index (χ3v) is 2.77. The highest BCUT2D eigenvalue weighted by atomic mass is 19.1. The standard InChI is InChI=1S/C12H13FN2O3/c1-18-12(17)14-9-6-11(16)15(7-9)10-4-2-8(13)3-5-10/h2-5,9H,6-7H2,1H3,(H,14,17). The SMILES string of the molecule is COC(=O)NC1CC(=O)N(c2ccc(F)cc2)C1. The summed E-state index contributed by atoms with van der Waals surface area (Å²) in [5, 5.41) is 2.57. The van der Waals surface area contributed by atoms with Gasteiger partial charge in [0.1, 0.15) is 5.82 Å². The maximum atomic E-state index is 12.8. The van der Waals surface area contributed by atoms with Gasteiger partial charge in [-0.05, 0) is 24.3 Å². The Balaban J connectivity index is 2.05. The number of hydrogen-bond donors (Lipinski definition) is 1. The minimum atomic E-state index is -0.561. The van der Waals surface area contributed by atoms with E-state index >= 15 is 0 Å². The van der Waals surface area contributed by atoms with Crippen molar-refractivity contribution in [2.24, 2.45) is 0 Å². The van der Waals surface area contributed by atoms with Crippen LogP contribution >= 0.6 is 0 Å². The molecule has 1 N–H and O–H groups in total. The van der Waals surface area contributed by atoms with Crippen LogP contribution in [0.5, 0.6) is 0 Å². The molecule has 2 rings (SSSR count). The third-order valence-electron chi connectivity index (χ3n) is 2.77. The Bertz CT molecular complexity index is 461. The molecule has 0 aromatic heterocycles. The molecule has 5 nitrogen and oxygen atoms in total. The zero-order chi connectivity index (χ0) is 13.1.